The Labute approximate surface area is 155 Å². The maximum atomic E-state index is 4.73. The summed E-state index contributed by atoms with van der Waals surface area (Å²) >= 11 is 3.65. The molecule has 1 N–H and O–H groups in total. The van der Waals surface area contributed by atoms with E-state index in [4.69, 9.17) is 4.98 Å². The van der Waals surface area contributed by atoms with E-state index in [0.29, 0.717) is 6.04 Å². The molecule has 4 nitrogen and oxygen atoms in total. The molecule has 1 fully saturated rings. The van der Waals surface area contributed by atoms with Gasteiger partial charge in [-0.05, 0) is 73.4 Å². The Balaban J connectivity index is 2.02. The largest absolute Gasteiger partial charge is 0.366 e. The first-order chi connectivity index (χ1) is 11.4. The van der Waals surface area contributed by atoms with Crippen molar-refractivity contribution in [3.8, 4) is 0 Å². The number of anilines is 1. The lowest BCUT2D eigenvalue weighted by molar-refractivity contribution is 0.266. The van der Waals surface area contributed by atoms with Crippen molar-refractivity contribution in [2.24, 2.45) is 16.8 Å². The van der Waals surface area contributed by atoms with Crippen LogP contribution in [0.4, 0.5) is 11.5 Å². The summed E-state index contributed by atoms with van der Waals surface area (Å²) in [6, 6.07) is 2.59. The van der Waals surface area contributed by atoms with Gasteiger partial charge in [0.05, 0.1) is 22.2 Å². The van der Waals surface area contributed by atoms with Crippen molar-refractivity contribution < 1.29 is 0 Å². The average molecular weight is 395 g/mol. The Kier molecular flexibility index (Phi) is 7.08. The van der Waals surface area contributed by atoms with Gasteiger partial charge in [-0.3, -0.25) is 0 Å². The van der Waals surface area contributed by atoms with Crippen LogP contribution in [0.25, 0.3) is 0 Å². The molecule has 0 aliphatic heterocycles. The van der Waals surface area contributed by atoms with Crippen molar-refractivity contribution in [2.75, 3.05) is 18.9 Å². The zero-order valence-electron chi connectivity index (χ0n) is 15.6. The minimum absolute atomic E-state index is 0.531. The predicted molar refractivity (Wildman–Crippen MR) is 107 cm³/mol. The van der Waals surface area contributed by atoms with Gasteiger partial charge in [-0.1, -0.05) is 13.8 Å². The lowest BCUT2D eigenvalue weighted by atomic mass is 9.80. The molecular weight excluding hydrogens is 364 g/mol. The first kappa shape index (κ1) is 19.2. The number of nitrogens with one attached hydrogen (secondary N) is 1. The van der Waals surface area contributed by atoms with Gasteiger partial charge in [0, 0.05) is 19.6 Å². The third kappa shape index (κ3) is 5.20. The maximum Gasteiger partial charge on any atom is 0.140 e. The van der Waals surface area contributed by atoms with Crippen LogP contribution >= 0.6 is 15.9 Å². The molecule has 5 heteroatoms. The fraction of sp³-hybridized carbons (Fsp3) is 0.684. The third-order valence-electron chi connectivity index (χ3n) is 5.09. The molecule has 0 atom stereocenters. The second kappa shape index (κ2) is 8.84. The minimum Gasteiger partial charge on any atom is -0.366 e. The number of aromatic nitrogens is 1. The van der Waals surface area contributed by atoms with Gasteiger partial charge in [-0.2, -0.15) is 0 Å². The predicted octanol–water partition coefficient (Wildman–Crippen LogP) is 5.39. The first-order valence-corrected chi connectivity index (χ1v) is 9.88. The van der Waals surface area contributed by atoms with Crippen LogP contribution in [0.3, 0.4) is 0 Å². The fourth-order valence-corrected chi connectivity index (χ4v) is 3.59. The highest BCUT2D eigenvalue weighted by Crippen LogP contribution is 2.33. The number of aliphatic imine (C=N–C) groups is 1. The van der Waals surface area contributed by atoms with Crippen molar-refractivity contribution in [3.05, 3.63) is 16.2 Å². The number of nitrogens with zero attached hydrogens (tertiary/aromatic N) is 3. The number of aryl methyl sites for hydroxylation is 1. The molecule has 24 heavy (non-hydrogen) atoms. The van der Waals surface area contributed by atoms with Crippen LogP contribution in [0.5, 0.6) is 0 Å². The second-order valence-corrected chi connectivity index (χ2v) is 8.10. The first-order valence-electron chi connectivity index (χ1n) is 9.08. The molecule has 2 rings (SSSR count). The van der Waals surface area contributed by atoms with Gasteiger partial charge in [-0.25, -0.2) is 9.98 Å². The maximum absolute atomic E-state index is 4.73. The van der Waals surface area contributed by atoms with Crippen molar-refractivity contribution >= 4 is 33.8 Å². The molecule has 1 aliphatic rings. The summed E-state index contributed by atoms with van der Waals surface area (Å²) in [5.41, 5.74) is 1.87. The molecule has 1 aliphatic carbocycles. The molecule has 0 spiro atoms. The van der Waals surface area contributed by atoms with Crippen LogP contribution < -0.4 is 5.32 Å². The van der Waals surface area contributed by atoms with Gasteiger partial charge in [0.15, 0.2) is 0 Å². The second-order valence-electron chi connectivity index (χ2n) is 7.24. The number of hydrogen-bond acceptors (Lipinski definition) is 3. The van der Waals surface area contributed by atoms with Gasteiger partial charge in [0.2, 0.25) is 0 Å². The van der Waals surface area contributed by atoms with Crippen LogP contribution in [-0.4, -0.2) is 35.9 Å². The number of hydrogen-bond donors (Lipinski definition) is 1. The van der Waals surface area contributed by atoms with Gasteiger partial charge in [-0.15, -0.1) is 0 Å². The highest BCUT2D eigenvalue weighted by molar-refractivity contribution is 9.10. The monoisotopic (exact) mass is 394 g/mol. The Hall–Kier alpha value is -1.10. The zero-order chi connectivity index (χ0) is 17.7. The molecule has 1 aromatic heterocycles. The summed E-state index contributed by atoms with van der Waals surface area (Å²) in [6.07, 6.45) is 6.96. The van der Waals surface area contributed by atoms with Crippen LogP contribution in [0.1, 0.15) is 52.1 Å². The van der Waals surface area contributed by atoms with Crippen molar-refractivity contribution in [1.82, 2.24) is 9.88 Å². The molecular formula is C19H31BrN4. The molecule has 1 saturated carbocycles. The normalized spacial score (nSPS) is 21.5. The summed E-state index contributed by atoms with van der Waals surface area (Å²) in [6.45, 7) is 9.75. The lowest BCUT2D eigenvalue weighted by Gasteiger charge is -2.31. The van der Waals surface area contributed by atoms with E-state index in [2.05, 4.69) is 53.1 Å². The Bertz CT molecular complexity index is 563. The summed E-state index contributed by atoms with van der Waals surface area (Å²) in [7, 11) is 2.02. The van der Waals surface area contributed by atoms with Crippen LogP contribution in [0, 0.1) is 18.8 Å². The van der Waals surface area contributed by atoms with E-state index in [9.17, 15) is 0 Å². The lowest BCUT2D eigenvalue weighted by Crippen LogP contribution is -2.28. The molecule has 1 aromatic rings. The summed E-state index contributed by atoms with van der Waals surface area (Å²) in [5.74, 6) is 2.63. The van der Waals surface area contributed by atoms with Crippen LogP contribution in [-0.2, 0) is 0 Å². The summed E-state index contributed by atoms with van der Waals surface area (Å²) < 4.78 is 0.991. The van der Waals surface area contributed by atoms with Crippen molar-refractivity contribution in [2.45, 2.75) is 59.4 Å². The van der Waals surface area contributed by atoms with Gasteiger partial charge < -0.3 is 10.2 Å². The van der Waals surface area contributed by atoms with E-state index in [1.54, 1.807) is 0 Å². The van der Waals surface area contributed by atoms with Gasteiger partial charge >= 0.3 is 0 Å². The average Bonchev–Trinajstić information content (AvgIpc) is 2.56. The standard InChI is InChI=1S/C19H31BrN4/c1-6-24(5)12-21-18-11-17(20)19(22-14(18)4)23-16-9-7-15(8-10-16)13(2)3/h11-13,15-16H,6-10H2,1-5H3,(H,22,23). The molecule has 0 unspecified atom stereocenters. The van der Waals surface area contributed by atoms with E-state index in [0.717, 1.165) is 40.1 Å². The molecule has 0 amide bonds. The van der Waals surface area contributed by atoms with E-state index >= 15 is 0 Å². The minimum atomic E-state index is 0.531. The smallest absolute Gasteiger partial charge is 0.140 e. The van der Waals surface area contributed by atoms with E-state index in [1.165, 1.54) is 25.7 Å². The Morgan fingerprint density at radius 2 is 2.04 bits per heavy atom. The van der Waals surface area contributed by atoms with Crippen LogP contribution in [0.15, 0.2) is 15.5 Å². The molecule has 134 valence electrons. The number of rotatable bonds is 6. The fourth-order valence-electron chi connectivity index (χ4n) is 3.17. The van der Waals surface area contributed by atoms with Gasteiger partial charge in [0.1, 0.15) is 5.82 Å². The molecule has 1 heterocycles. The molecule has 0 bridgehead atoms. The number of pyridine rings is 1. The molecule has 0 radical (unpaired) electrons. The van der Waals surface area contributed by atoms with E-state index in [1.807, 2.05) is 25.2 Å². The van der Waals surface area contributed by atoms with Crippen molar-refractivity contribution in [1.29, 1.82) is 0 Å². The van der Waals surface area contributed by atoms with Crippen LogP contribution in [0.2, 0.25) is 0 Å². The van der Waals surface area contributed by atoms with Crippen molar-refractivity contribution in [3.63, 3.8) is 0 Å². The summed E-state index contributed by atoms with van der Waals surface area (Å²) in [5, 5.41) is 3.63. The highest BCUT2D eigenvalue weighted by atomic mass is 79.9. The quantitative estimate of drug-likeness (QED) is 0.519. The Morgan fingerprint density at radius 1 is 1.38 bits per heavy atom. The molecule has 0 saturated heterocycles. The topological polar surface area (TPSA) is 40.5 Å². The number of halogens is 1. The third-order valence-corrected chi connectivity index (χ3v) is 5.69. The highest BCUT2D eigenvalue weighted by Gasteiger charge is 2.23. The SMILES string of the molecule is CCN(C)C=Nc1cc(Br)c(NC2CCC(C(C)C)CC2)nc1C. The van der Waals surface area contributed by atoms with Gasteiger partial charge in [0.25, 0.3) is 0 Å². The zero-order valence-corrected chi connectivity index (χ0v) is 17.2. The van der Waals surface area contributed by atoms with E-state index < -0.39 is 0 Å². The summed E-state index contributed by atoms with van der Waals surface area (Å²) in [4.78, 5) is 11.3. The van der Waals surface area contributed by atoms with E-state index in [-0.39, 0.29) is 0 Å². The Morgan fingerprint density at radius 3 is 2.62 bits per heavy atom. The molecule has 0 aromatic carbocycles.